The molecule has 3 atom stereocenters. The molecule has 2 aliphatic rings. The van der Waals surface area contributed by atoms with E-state index < -0.39 is 0 Å². The highest BCUT2D eigenvalue weighted by molar-refractivity contribution is 6.31. The molecule has 0 spiro atoms. The first kappa shape index (κ1) is 19.4. The Balaban J connectivity index is 1.27. The van der Waals surface area contributed by atoms with E-state index in [2.05, 4.69) is 52.5 Å². The lowest BCUT2D eigenvalue weighted by Gasteiger charge is -2.26. The van der Waals surface area contributed by atoms with Crippen molar-refractivity contribution in [3.8, 4) is 0 Å². The minimum atomic E-state index is 0.0914. The number of benzene rings is 2. The number of rotatable bonds is 6. The van der Waals surface area contributed by atoms with E-state index in [9.17, 15) is 4.79 Å². The molecule has 0 aliphatic carbocycles. The third-order valence-corrected chi connectivity index (χ3v) is 6.57. The van der Waals surface area contributed by atoms with Crippen molar-refractivity contribution in [2.75, 3.05) is 33.2 Å². The first-order valence-corrected chi connectivity index (χ1v) is 10.5. The van der Waals surface area contributed by atoms with E-state index in [1.165, 1.54) is 5.56 Å². The first-order valence-electron chi connectivity index (χ1n) is 10.1. The molecule has 4 nitrogen and oxygen atoms in total. The summed E-state index contributed by atoms with van der Waals surface area (Å²) in [6.07, 6.45) is 0.537. The van der Waals surface area contributed by atoms with E-state index in [0.717, 1.165) is 31.7 Å². The maximum Gasteiger partial charge on any atom is 0.221 e. The van der Waals surface area contributed by atoms with Crippen LogP contribution in [0, 0.1) is 11.8 Å². The molecule has 0 aromatic heterocycles. The van der Waals surface area contributed by atoms with Gasteiger partial charge >= 0.3 is 0 Å². The molecule has 2 aromatic rings. The molecule has 1 amide bonds. The molecule has 1 N–H and O–H groups in total. The normalized spacial score (nSPS) is 25.0. The molecule has 4 rings (SSSR count). The molecule has 0 radical (unpaired) electrons. The minimum Gasteiger partial charge on any atom is -0.352 e. The predicted octanol–water partition coefficient (Wildman–Crippen LogP) is 3.58. The van der Waals surface area contributed by atoms with E-state index in [1.54, 1.807) is 0 Å². The van der Waals surface area contributed by atoms with Crippen molar-refractivity contribution >= 4 is 17.5 Å². The predicted molar refractivity (Wildman–Crippen MR) is 113 cm³/mol. The van der Waals surface area contributed by atoms with Crippen molar-refractivity contribution in [3.05, 3.63) is 70.7 Å². The Kier molecular flexibility index (Phi) is 6.00. The summed E-state index contributed by atoms with van der Waals surface area (Å²) in [5.74, 6) is 1.44. The standard InChI is InChI=1S/C23H28ClN3O/c1-26-14-19-15-27(16-20(19)23(26)17-7-3-2-4-8-17)12-11-22(28)25-13-18-9-5-6-10-21(18)24/h2-10,19-20,23H,11-16H2,1H3,(H,25,28)/t19-,20+,23-/m1/s1. The second-order valence-electron chi connectivity index (χ2n) is 8.10. The Bertz CT molecular complexity index is 813. The molecule has 28 heavy (non-hydrogen) atoms. The number of carbonyl (C=O) groups is 1. The fourth-order valence-electron chi connectivity index (χ4n) is 4.87. The Morgan fingerprint density at radius 3 is 2.61 bits per heavy atom. The number of likely N-dealkylation sites (tertiary alicyclic amines) is 2. The van der Waals surface area contributed by atoms with Gasteiger partial charge in [0.05, 0.1) is 0 Å². The quantitative estimate of drug-likeness (QED) is 0.809. The molecular formula is C23H28ClN3O. The van der Waals surface area contributed by atoms with Crippen molar-refractivity contribution in [1.82, 2.24) is 15.1 Å². The molecular weight excluding hydrogens is 370 g/mol. The van der Waals surface area contributed by atoms with Gasteiger partial charge in [-0.1, -0.05) is 60.1 Å². The number of amides is 1. The van der Waals surface area contributed by atoms with Crippen LogP contribution in [-0.4, -0.2) is 48.9 Å². The van der Waals surface area contributed by atoms with Gasteiger partial charge in [-0.05, 0) is 36.1 Å². The fourth-order valence-corrected chi connectivity index (χ4v) is 5.07. The Morgan fingerprint density at radius 1 is 1.07 bits per heavy atom. The van der Waals surface area contributed by atoms with E-state index in [4.69, 9.17) is 11.6 Å². The highest BCUT2D eigenvalue weighted by Gasteiger charge is 2.45. The summed E-state index contributed by atoms with van der Waals surface area (Å²) >= 11 is 6.16. The maximum absolute atomic E-state index is 12.3. The number of hydrogen-bond acceptors (Lipinski definition) is 3. The third kappa shape index (κ3) is 4.24. The molecule has 2 heterocycles. The lowest BCUT2D eigenvalue weighted by atomic mass is 9.90. The van der Waals surface area contributed by atoms with Gasteiger partial charge in [0.25, 0.3) is 0 Å². The van der Waals surface area contributed by atoms with Crippen molar-refractivity contribution in [2.24, 2.45) is 11.8 Å². The smallest absolute Gasteiger partial charge is 0.221 e. The SMILES string of the molecule is CN1C[C@@H]2CN(CCC(=O)NCc3ccccc3Cl)C[C@@H]2[C@H]1c1ccccc1. The van der Waals surface area contributed by atoms with Crippen LogP contribution in [-0.2, 0) is 11.3 Å². The summed E-state index contributed by atoms with van der Waals surface area (Å²) < 4.78 is 0. The van der Waals surface area contributed by atoms with Crippen molar-refractivity contribution in [1.29, 1.82) is 0 Å². The molecule has 148 valence electrons. The average molecular weight is 398 g/mol. The van der Waals surface area contributed by atoms with E-state index in [-0.39, 0.29) is 5.91 Å². The van der Waals surface area contributed by atoms with Crippen LogP contribution in [0.5, 0.6) is 0 Å². The molecule has 0 unspecified atom stereocenters. The minimum absolute atomic E-state index is 0.0914. The topological polar surface area (TPSA) is 35.6 Å². The van der Waals surface area contributed by atoms with Crippen LogP contribution in [0.4, 0.5) is 0 Å². The monoisotopic (exact) mass is 397 g/mol. The van der Waals surface area contributed by atoms with Crippen molar-refractivity contribution in [3.63, 3.8) is 0 Å². The van der Waals surface area contributed by atoms with Crippen molar-refractivity contribution < 1.29 is 4.79 Å². The third-order valence-electron chi connectivity index (χ3n) is 6.20. The lowest BCUT2D eigenvalue weighted by Crippen LogP contribution is -2.32. The van der Waals surface area contributed by atoms with E-state index >= 15 is 0 Å². The second kappa shape index (κ2) is 8.64. The summed E-state index contributed by atoms with van der Waals surface area (Å²) in [7, 11) is 2.24. The van der Waals surface area contributed by atoms with Gasteiger partial charge in [0.2, 0.25) is 5.91 Å². The highest BCUT2D eigenvalue weighted by Crippen LogP contribution is 2.43. The number of fused-ring (bicyclic) bond motifs is 1. The summed E-state index contributed by atoms with van der Waals surface area (Å²) in [5, 5.41) is 3.70. The zero-order valence-electron chi connectivity index (χ0n) is 16.4. The van der Waals surface area contributed by atoms with E-state index in [0.29, 0.717) is 35.9 Å². The lowest BCUT2D eigenvalue weighted by molar-refractivity contribution is -0.121. The number of carbonyl (C=O) groups excluding carboxylic acids is 1. The Labute approximate surface area is 172 Å². The molecule has 2 fully saturated rings. The van der Waals surface area contributed by atoms with Crippen LogP contribution < -0.4 is 5.32 Å². The number of halogens is 1. The zero-order valence-corrected chi connectivity index (χ0v) is 17.1. The number of hydrogen-bond donors (Lipinski definition) is 1. The van der Waals surface area contributed by atoms with Crippen LogP contribution in [0.1, 0.15) is 23.6 Å². The zero-order chi connectivity index (χ0) is 19.5. The van der Waals surface area contributed by atoms with Crippen LogP contribution >= 0.6 is 11.6 Å². The summed E-state index contributed by atoms with van der Waals surface area (Å²) in [6, 6.07) is 19.0. The fraction of sp³-hybridized carbons (Fsp3) is 0.435. The van der Waals surface area contributed by atoms with Gasteiger partial charge in [-0.25, -0.2) is 0 Å². The van der Waals surface area contributed by atoms with Crippen molar-refractivity contribution in [2.45, 2.75) is 19.0 Å². The summed E-state index contributed by atoms with van der Waals surface area (Å²) in [5.41, 5.74) is 2.37. The number of nitrogens with zero attached hydrogens (tertiary/aromatic N) is 2. The molecule has 0 bridgehead atoms. The van der Waals surface area contributed by atoms with Gasteiger partial charge in [-0.2, -0.15) is 0 Å². The van der Waals surface area contributed by atoms with Gasteiger partial charge in [0.1, 0.15) is 0 Å². The summed E-state index contributed by atoms with van der Waals surface area (Å²) in [6.45, 7) is 4.62. The molecule has 2 aliphatic heterocycles. The Morgan fingerprint density at radius 2 is 1.82 bits per heavy atom. The van der Waals surface area contributed by atoms with Crippen LogP contribution in [0.15, 0.2) is 54.6 Å². The van der Waals surface area contributed by atoms with Crippen LogP contribution in [0.3, 0.4) is 0 Å². The average Bonchev–Trinajstić information content (AvgIpc) is 3.22. The number of nitrogens with one attached hydrogen (secondary N) is 1. The molecule has 2 saturated heterocycles. The van der Waals surface area contributed by atoms with Gasteiger partial charge in [-0.15, -0.1) is 0 Å². The first-order chi connectivity index (χ1) is 13.6. The summed E-state index contributed by atoms with van der Waals surface area (Å²) in [4.78, 5) is 17.2. The van der Waals surface area contributed by atoms with Gasteiger partial charge in [0.15, 0.2) is 0 Å². The molecule has 0 saturated carbocycles. The molecule has 2 aromatic carbocycles. The van der Waals surface area contributed by atoms with E-state index in [1.807, 2.05) is 24.3 Å². The Hall–Kier alpha value is -1.88. The second-order valence-corrected chi connectivity index (χ2v) is 8.50. The van der Waals surface area contributed by atoms with Gasteiger partial charge < -0.3 is 10.2 Å². The van der Waals surface area contributed by atoms with Gasteiger partial charge in [-0.3, -0.25) is 9.69 Å². The highest BCUT2D eigenvalue weighted by atomic mass is 35.5. The van der Waals surface area contributed by atoms with Crippen LogP contribution in [0.2, 0.25) is 5.02 Å². The molecule has 5 heteroatoms. The maximum atomic E-state index is 12.3. The van der Waals surface area contributed by atoms with Gasteiger partial charge in [0, 0.05) is 50.2 Å². The van der Waals surface area contributed by atoms with Crippen LogP contribution in [0.25, 0.3) is 0 Å². The largest absolute Gasteiger partial charge is 0.352 e.